The average Bonchev–Trinajstić information content (AvgIpc) is 2.23. The molecule has 80 valence electrons. The van der Waals surface area contributed by atoms with Crippen LogP contribution in [0.5, 0.6) is 0 Å². The number of hydrogen-bond donors (Lipinski definition) is 4. The normalized spacial score (nSPS) is 56.2. The van der Waals surface area contributed by atoms with E-state index in [1.54, 1.807) is 0 Å². The summed E-state index contributed by atoms with van der Waals surface area (Å²) >= 11 is 0. The van der Waals surface area contributed by atoms with Crippen molar-refractivity contribution in [3.05, 3.63) is 0 Å². The number of nitrogens with two attached hydrogens (primary N) is 4. The van der Waals surface area contributed by atoms with Gasteiger partial charge in [0.25, 0.3) is 0 Å². The van der Waals surface area contributed by atoms with Crippen LogP contribution in [0.1, 0.15) is 13.3 Å². The van der Waals surface area contributed by atoms with E-state index in [-0.39, 0.29) is 22.8 Å². The lowest BCUT2D eigenvalue weighted by molar-refractivity contribution is 0.535. The Bertz CT molecular complexity index is 173. The first-order chi connectivity index (χ1) is 5.95. The zero-order valence-electron chi connectivity index (χ0n) is 8.44. The van der Waals surface area contributed by atoms with Gasteiger partial charge < -0.3 is 22.9 Å². The molecule has 1 rings (SSSR count). The van der Waals surface area contributed by atoms with Crippen molar-refractivity contribution in [3.63, 3.8) is 0 Å². The Hall–Kier alpha value is 0.190. The summed E-state index contributed by atoms with van der Waals surface area (Å²) in [5.74, 6) is 1.08. The van der Waals surface area contributed by atoms with Gasteiger partial charge in [-0.15, -0.1) is 0 Å². The van der Waals surface area contributed by atoms with Crippen LogP contribution in [0.3, 0.4) is 0 Å². The molecule has 0 aromatic rings. The maximum atomic E-state index is 6.08. The van der Waals surface area contributed by atoms with E-state index in [0.29, 0.717) is 0 Å². The van der Waals surface area contributed by atoms with Crippen molar-refractivity contribution in [2.45, 2.75) is 36.2 Å². The van der Waals surface area contributed by atoms with E-state index in [9.17, 15) is 0 Å². The van der Waals surface area contributed by atoms with Gasteiger partial charge >= 0.3 is 0 Å². The summed E-state index contributed by atoms with van der Waals surface area (Å²) in [7, 11) is -1.00. The smallest absolute Gasteiger partial charge is 0.0533 e. The molecule has 1 aliphatic heterocycles. The molecule has 4 nitrogen and oxygen atoms in total. The largest absolute Gasteiger partial charge is 0.324 e. The van der Waals surface area contributed by atoms with Gasteiger partial charge in [0, 0.05) is 12.1 Å². The van der Waals surface area contributed by atoms with E-state index in [4.69, 9.17) is 22.9 Å². The molecule has 1 saturated heterocycles. The zero-order valence-corrected chi connectivity index (χ0v) is 9.26. The summed E-state index contributed by atoms with van der Waals surface area (Å²) in [4.78, 5) is 0. The maximum Gasteiger partial charge on any atom is 0.0533 e. The molecule has 0 aromatic heterocycles. The maximum absolute atomic E-state index is 6.08. The van der Waals surface area contributed by atoms with Crippen LogP contribution in [0.2, 0.25) is 0 Å². The highest BCUT2D eigenvalue weighted by atomic mass is 32.3. The van der Waals surface area contributed by atoms with Gasteiger partial charge in [0.15, 0.2) is 0 Å². The first-order valence-corrected chi connectivity index (χ1v) is 7.05. The van der Waals surface area contributed by atoms with Gasteiger partial charge in [0.1, 0.15) is 0 Å². The Labute approximate surface area is 81.7 Å². The van der Waals surface area contributed by atoms with Crippen LogP contribution >= 0.6 is 10.0 Å². The predicted molar refractivity (Wildman–Crippen MR) is 60.6 cm³/mol. The van der Waals surface area contributed by atoms with Crippen molar-refractivity contribution >= 4 is 10.0 Å². The number of hydrogen-bond acceptors (Lipinski definition) is 4. The lowest BCUT2D eigenvalue weighted by atomic mass is 10.1. The Morgan fingerprint density at radius 2 is 1.38 bits per heavy atom. The highest BCUT2D eigenvalue weighted by molar-refractivity contribution is 8.34. The molecule has 0 aliphatic carbocycles. The first kappa shape index (κ1) is 11.3. The lowest BCUT2D eigenvalue weighted by Crippen LogP contribution is -2.50. The van der Waals surface area contributed by atoms with Gasteiger partial charge in [-0.3, -0.25) is 0 Å². The van der Waals surface area contributed by atoms with Gasteiger partial charge in [0.05, 0.1) is 10.7 Å². The van der Waals surface area contributed by atoms with Crippen LogP contribution in [0.25, 0.3) is 0 Å². The third-order valence-corrected chi connectivity index (χ3v) is 7.49. The molecule has 13 heavy (non-hydrogen) atoms. The molecule has 1 fully saturated rings. The topological polar surface area (TPSA) is 104 Å². The summed E-state index contributed by atoms with van der Waals surface area (Å²) in [5, 5.41) is 0.0231. The van der Waals surface area contributed by atoms with Crippen molar-refractivity contribution < 1.29 is 0 Å². The fraction of sp³-hybridized carbons (Fsp3) is 1.00. The molecule has 0 bridgehead atoms. The van der Waals surface area contributed by atoms with Crippen molar-refractivity contribution in [1.29, 1.82) is 0 Å². The second-order valence-electron chi connectivity index (χ2n) is 4.02. The standard InChI is InChI=1S/C8H22N4S/c1-3-4-13(2)7(11)5(9)6(10)8(13)12/h5-8H,3-4,9-12H2,1-2H3. The van der Waals surface area contributed by atoms with Gasteiger partial charge in [-0.1, -0.05) is 6.92 Å². The third-order valence-electron chi connectivity index (χ3n) is 3.09. The molecule has 1 heterocycles. The highest BCUT2D eigenvalue weighted by Crippen LogP contribution is 2.56. The summed E-state index contributed by atoms with van der Waals surface area (Å²) < 4.78 is 0. The van der Waals surface area contributed by atoms with E-state index in [1.165, 1.54) is 0 Å². The SMILES string of the molecule is CCCS1(C)C(N)C(N)C(N)C1N. The second-order valence-corrected chi connectivity index (χ2v) is 7.97. The van der Waals surface area contributed by atoms with E-state index < -0.39 is 10.0 Å². The fourth-order valence-electron chi connectivity index (χ4n) is 2.05. The molecule has 4 atom stereocenters. The second kappa shape index (κ2) is 3.74. The van der Waals surface area contributed by atoms with Crippen molar-refractivity contribution in [2.24, 2.45) is 22.9 Å². The minimum atomic E-state index is -1.00. The summed E-state index contributed by atoms with van der Waals surface area (Å²) in [6, 6.07) is -0.247. The van der Waals surface area contributed by atoms with Gasteiger partial charge in [-0.2, -0.15) is 0 Å². The monoisotopic (exact) mass is 206 g/mol. The molecular formula is C8H22N4S. The van der Waals surface area contributed by atoms with E-state index in [2.05, 4.69) is 13.2 Å². The highest BCUT2D eigenvalue weighted by Gasteiger charge is 2.48. The molecule has 0 radical (unpaired) electrons. The van der Waals surface area contributed by atoms with Crippen LogP contribution in [0.15, 0.2) is 0 Å². The summed E-state index contributed by atoms with van der Waals surface area (Å²) in [6.45, 7) is 2.15. The fourth-order valence-corrected chi connectivity index (χ4v) is 5.64. The van der Waals surface area contributed by atoms with Crippen LogP contribution in [0, 0.1) is 0 Å². The van der Waals surface area contributed by atoms with E-state index >= 15 is 0 Å². The van der Waals surface area contributed by atoms with Crippen molar-refractivity contribution in [1.82, 2.24) is 0 Å². The number of rotatable bonds is 2. The molecule has 1 aliphatic rings. The van der Waals surface area contributed by atoms with Gasteiger partial charge in [-0.05, 0) is 18.4 Å². The molecule has 0 aromatic carbocycles. The predicted octanol–water partition coefficient (Wildman–Crippen LogP) is -0.931. The molecule has 0 amide bonds. The Morgan fingerprint density at radius 3 is 1.69 bits per heavy atom. The van der Waals surface area contributed by atoms with Crippen LogP contribution in [0.4, 0.5) is 0 Å². The zero-order chi connectivity index (χ0) is 10.2. The van der Waals surface area contributed by atoms with Crippen LogP contribution in [-0.4, -0.2) is 34.8 Å². The molecule has 0 spiro atoms. The van der Waals surface area contributed by atoms with Crippen molar-refractivity contribution in [2.75, 3.05) is 12.0 Å². The van der Waals surface area contributed by atoms with Gasteiger partial charge in [0.2, 0.25) is 0 Å². The Balaban J connectivity index is 2.85. The van der Waals surface area contributed by atoms with Crippen LogP contribution < -0.4 is 22.9 Å². The molecule has 4 unspecified atom stereocenters. The van der Waals surface area contributed by atoms with Gasteiger partial charge in [-0.25, -0.2) is 10.0 Å². The Kier molecular flexibility index (Phi) is 3.24. The lowest BCUT2D eigenvalue weighted by Gasteiger charge is -2.40. The average molecular weight is 206 g/mol. The first-order valence-electron chi connectivity index (χ1n) is 4.71. The van der Waals surface area contributed by atoms with Crippen molar-refractivity contribution in [3.8, 4) is 0 Å². The summed E-state index contributed by atoms with van der Waals surface area (Å²) in [5.41, 5.74) is 24.0. The molecule has 8 N–H and O–H groups in total. The molecule has 0 saturated carbocycles. The summed E-state index contributed by atoms with van der Waals surface area (Å²) in [6.07, 6.45) is 3.28. The third kappa shape index (κ3) is 1.59. The van der Waals surface area contributed by atoms with E-state index in [1.807, 2.05) is 0 Å². The van der Waals surface area contributed by atoms with E-state index in [0.717, 1.165) is 12.2 Å². The van der Waals surface area contributed by atoms with Crippen LogP contribution in [-0.2, 0) is 0 Å². The minimum Gasteiger partial charge on any atom is -0.324 e. The minimum absolute atomic E-state index is 0.0115. The molecular weight excluding hydrogens is 184 g/mol. The Morgan fingerprint density at radius 1 is 1.00 bits per heavy atom. The quantitative estimate of drug-likeness (QED) is 0.468. The molecule has 5 heteroatoms.